The Balaban J connectivity index is 1.86. The number of rotatable bonds is 6. The number of carbonyl (C=O) groups excluding carboxylic acids is 2. The molecule has 0 saturated carbocycles. The molecule has 25 heavy (non-hydrogen) atoms. The van der Waals surface area contributed by atoms with Gasteiger partial charge < -0.3 is 16.0 Å². The van der Waals surface area contributed by atoms with E-state index in [4.69, 9.17) is 0 Å². The van der Waals surface area contributed by atoms with Crippen LogP contribution in [0.25, 0.3) is 0 Å². The standard InChI is InChI=1S/C20H25N3O2/c1-4-15-5-9-17(10-6-15)19(24)21-13-16-7-11-18(12-8-16)23-20(25)22-14(2)3/h5-12,14H,4,13H2,1-3H3,(H,21,24)(H2,22,23,25). The van der Waals surface area contributed by atoms with E-state index in [0.717, 1.165) is 12.0 Å². The lowest BCUT2D eigenvalue weighted by Gasteiger charge is -2.11. The van der Waals surface area contributed by atoms with Gasteiger partial charge >= 0.3 is 6.03 Å². The summed E-state index contributed by atoms with van der Waals surface area (Å²) in [5.41, 5.74) is 3.54. The van der Waals surface area contributed by atoms with Crippen molar-refractivity contribution in [3.63, 3.8) is 0 Å². The molecule has 0 heterocycles. The highest BCUT2D eigenvalue weighted by Crippen LogP contribution is 2.10. The van der Waals surface area contributed by atoms with Gasteiger partial charge in [0.1, 0.15) is 0 Å². The summed E-state index contributed by atoms with van der Waals surface area (Å²) in [6.07, 6.45) is 0.956. The normalized spacial score (nSPS) is 10.4. The van der Waals surface area contributed by atoms with Gasteiger partial charge in [0.05, 0.1) is 0 Å². The molecule has 132 valence electrons. The maximum absolute atomic E-state index is 12.2. The van der Waals surface area contributed by atoms with Crippen molar-refractivity contribution in [2.24, 2.45) is 0 Å². The molecule has 0 aromatic heterocycles. The zero-order valence-electron chi connectivity index (χ0n) is 14.9. The first-order valence-electron chi connectivity index (χ1n) is 8.51. The fourth-order valence-corrected chi connectivity index (χ4v) is 2.31. The SMILES string of the molecule is CCc1ccc(C(=O)NCc2ccc(NC(=O)NC(C)C)cc2)cc1. The highest BCUT2D eigenvalue weighted by molar-refractivity contribution is 5.94. The minimum atomic E-state index is -0.230. The number of urea groups is 1. The molecule has 0 saturated heterocycles. The van der Waals surface area contributed by atoms with Crippen molar-refractivity contribution in [1.29, 1.82) is 0 Å². The molecule has 2 aromatic rings. The Hall–Kier alpha value is -2.82. The van der Waals surface area contributed by atoms with Crippen LogP contribution in [0.5, 0.6) is 0 Å². The second-order valence-electron chi connectivity index (χ2n) is 6.18. The summed E-state index contributed by atoms with van der Waals surface area (Å²) < 4.78 is 0. The van der Waals surface area contributed by atoms with Gasteiger partial charge in [0.2, 0.25) is 0 Å². The zero-order valence-corrected chi connectivity index (χ0v) is 14.9. The number of hydrogen-bond donors (Lipinski definition) is 3. The lowest BCUT2D eigenvalue weighted by Crippen LogP contribution is -2.34. The average Bonchev–Trinajstić information content (AvgIpc) is 2.60. The third-order valence-electron chi connectivity index (χ3n) is 3.71. The van der Waals surface area contributed by atoms with E-state index in [-0.39, 0.29) is 18.0 Å². The molecule has 2 rings (SSSR count). The third-order valence-corrected chi connectivity index (χ3v) is 3.71. The van der Waals surface area contributed by atoms with Gasteiger partial charge in [0.15, 0.2) is 0 Å². The topological polar surface area (TPSA) is 70.2 Å². The molecule has 0 spiro atoms. The third kappa shape index (κ3) is 5.95. The van der Waals surface area contributed by atoms with Crippen LogP contribution in [0.1, 0.15) is 42.3 Å². The fraction of sp³-hybridized carbons (Fsp3) is 0.300. The number of benzene rings is 2. The van der Waals surface area contributed by atoms with Crippen LogP contribution in [0.15, 0.2) is 48.5 Å². The minimum Gasteiger partial charge on any atom is -0.348 e. The van der Waals surface area contributed by atoms with E-state index in [1.807, 2.05) is 62.4 Å². The van der Waals surface area contributed by atoms with E-state index in [1.54, 1.807) is 0 Å². The largest absolute Gasteiger partial charge is 0.348 e. The summed E-state index contributed by atoms with van der Waals surface area (Å²) in [4.78, 5) is 23.8. The molecular formula is C20H25N3O2. The van der Waals surface area contributed by atoms with Crippen molar-refractivity contribution in [2.75, 3.05) is 5.32 Å². The number of anilines is 1. The predicted molar refractivity (Wildman–Crippen MR) is 101 cm³/mol. The molecule has 0 bridgehead atoms. The molecule has 3 amide bonds. The van der Waals surface area contributed by atoms with Gasteiger partial charge in [-0.05, 0) is 55.7 Å². The monoisotopic (exact) mass is 339 g/mol. The molecule has 0 fully saturated rings. The van der Waals surface area contributed by atoms with E-state index >= 15 is 0 Å². The Morgan fingerprint density at radius 3 is 2.08 bits per heavy atom. The van der Waals surface area contributed by atoms with Crippen molar-refractivity contribution < 1.29 is 9.59 Å². The Morgan fingerprint density at radius 2 is 1.52 bits per heavy atom. The van der Waals surface area contributed by atoms with Crippen molar-refractivity contribution >= 4 is 17.6 Å². The number of carbonyl (C=O) groups is 2. The van der Waals surface area contributed by atoms with Gasteiger partial charge in [-0.25, -0.2) is 4.79 Å². The van der Waals surface area contributed by atoms with Gasteiger partial charge in [0.25, 0.3) is 5.91 Å². The first-order valence-corrected chi connectivity index (χ1v) is 8.51. The van der Waals surface area contributed by atoms with E-state index in [1.165, 1.54) is 5.56 Å². The molecule has 0 aliphatic carbocycles. The Kier molecular flexibility index (Phi) is 6.57. The number of amides is 3. The average molecular weight is 339 g/mol. The van der Waals surface area contributed by atoms with Gasteiger partial charge in [-0.15, -0.1) is 0 Å². The van der Waals surface area contributed by atoms with Gasteiger partial charge in [-0.1, -0.05) is 31.2 Å². The Morgan fingerprint density at radius 1 is 0.920 bits per heavy atom. The summed E-state index contributed by atoms with van der Waals surface area (Å²) in [5.74, 6) is -0.0961. The smallest absolute Gasteiger partial charge is 0.319 e. The molecule has 2 aromatic carbocycles. The van der Waals surface area contributed by atoms with Crippen LogP contribution in [-0.4, -0.2) is 18.0 Å². The minimum absolute atomic E-state index is 0.0841. The maximum atomic E-state index is 12.2. The highest BCUT2D eigenvalue weighted by atomic mass is 16.2. The summed E-state index contributed by atoms with van der Waals surface area (Å²) in [6.45, 7) is 6.33. The summed E-state index contributed by atoms with van der Waals surface area (Å²) in [5, 5.41) is 8.43. The van der Waals surface area contributed by atoms with Crippen LogP contribution in [0.4, 0.5) is 10.5 Å². The summed E-state index contributed by atoms with van der Waals surface area (Å²) >= 11 is 0. The van der Waals surface area contributed by atoms with Crippen LogP contribution in [0, 0.1) is 0 Å². The number of hydrogen-bond acceptors (Lipinski definition) is 2. The summed E-state index contributed by atoms with van der Waals surface area (Å²) in [7, 11) is 0. The lowest BCUT2D eigenvalue weighted by atomic mass is 10.1. The molecule has 0 unspecified atom stereocenters. The second kappa shape index (κ2) is 8.87. The van der Waals surface area contributed by atoms with Gasteiger partial charge in [-0.3, -0.25) is 4.79 Å². The Bertz CT molecular complexity index is 707. The van der Waals surface area contributed by atoms with Crippen LogP contribution in [-0.2, 0) is 13.0 Å². The zero-order chi connectivity index (χ0) is 18.2. The summed E-state index contributed by atoms with van der Waals surface area (Å²) in [6, 6.07) is 14.9. The molecule has 0 atom stereocenters. The molecule has 0 aliphatic rings. The first kappa shape index (κ1) is 18.5. The van der Waals surface area contributed by atoms with Crippen LogP contribution in [0.3, 0.4) is 0 Å². The van der Waals surface area contributed by atoms with E-state index in [2.05, 4.69) is 22.9 Å². The molecule has 0 aliphatic heterocycles. The van der Waals surface area contributed by atoms with Crippen LogP contribution < -0.4 is 16.0 Å². The van der Waals surface area contributed by atoms with Crippen molar-refractivity contribution in [2.45, 2.75) is 39.8 Å². The van der Waals surface area contributed by atoms with Crippen molar-refractivity contribution in [3.05, 3.63) is 65.2 Å². The number of nitrogens with one attached hydrogen (secondary N) is 3. The van der Waals surface area contributed by atoms with E-state index in [9.17, 15) is 9.59 Å². The molecule has 5 nitrogen and oxygen atoms in total. The molecule has 5 heteroatoms. The maximum Gasteiger partial charge on any atom is 0.319 e. The van der Waals surface area contributed by atoms with Crippen molar-refractivity contribution in [1.82, 2.24) is 10.6 Å². The molecule has 3 N–H and O–H groups in total. The van der Waals surface area contributed by atoms with Crippen molar-refractivity contribution in [3.8, 4) is 0 Å². The van der Waals surface area contributed by atoms with E-state index < -0.39 is 0 Å². The van der Waals surface area contributed by atoms with E-state index in [0.29, 0.717) is 17.8 Å². The van der Waals surface area contributed by atoms with Crippen LogP contribution >= 0.6 is 0 Å². The highest BCUT2D eigenvalue weighted by Gasteiger charge is 2.06. The first-order chi connectivity index (χ1) is 12.0. The lowest BCUT2D eigenvalue weighted by molar-refractivity contribution is 0.0951. The predicted octanol–water partition coefficient (Wildman–Crippen LogP) is 3.71. The fourth-order valence-electron chi connectivity index (χ4n) is 2.31. The number of aryl methyl sites for hydroxylation is 1. The van der Waals surface area contributed by atoms with Crippen LogP contribution in [0.2, 0.25) is 0 Å². The van der Waals surface area contributed by atoms with Gasteiger partial charge in [0, 0.05) is 23.8 Å². The second-order valence-corrected chi connectivity index (χ2v) is 6.18. The Labute approximate surface area is 148 Å². The van der Waals surface area contributed by atoms with Gasteiger partial charge in [-0.2, -0.15) is 0 Å². The molecular weight excluding hydrogens is 314 g/mol. The molecule has 0 radical (unpaired) electrons. The quantitative estimate of drug-likeness (QED) is 0.751.